The van der Waals surface area contributed by atoms with Gasteiger partial charge in [0.1, 0.15) is 25.7 Å². The van der Waals surface area contributed by atoms with Crippen LogP contribution in [0.1, 0.15) is 11.1 Å². The van der Waals surface area contributed by atoms with Crippen molar-refractivity contribution in [1.29, 1.82) is 0 Å². The highest BCUT2D eigenvalue weighted by atomic mass is 32.2. The number of aliphatic hydroxyl groups is 1. The van der Waals surface area contributed by atoms with E-state index in [4.69, 9.17) is 9.72 Å². The number of nitrogens with zero attached hydrogens (tertiary/aromatic N) is 2. The summed E-state index contributed by atoms with van der Waals surface area (Å²) in [5, 5.41) is 11.8. The van der Waals surface area contributed by atoms with Crippen molar-refractivity contribution in [1.82, 2.24) is 9.55 Å². The molecule has 1 aromatic heterocycles. The standard InChI is InChI=1S/C23H27N3O3S/c1-16-6-5-9-21(17(16)2)26-22(28)19-7-3-4-8-20(19)24-23(26)30-15-18(27)14-25-10-12-29-13-11-25/h3-9,18,27H,10-15H2,1-2H3/p+1/t18-/m1/s1. The van der Waals surface area contributed by atoms with E-state index in [1.807, 2.05) is 56.3 Å². The third-order valence-electron chi connectivity index (χ3n) is 5.69. The Labute approximate surface area is 180 Å². The number of rotatable bonds is 6. The van der Waals surface area contributed by atoms with Crippen LogP contribution < -0.4 is 10.5 Å². The molecule has 1 saturated heterocycles. The summed E-state index contributed by atoms with van der Waals surface area (Å²) in [4.78, 5) is 19.5. The summed E-state index contributed by atoms with van der Waals surface area (Å²) in [6.45, 7) is 8.07. The third kappa shape index (κ3) is 4.44. The van der Waals surface area contributed by atoms with Gasteiger partial charge in [0.15, 0.2) is 5.16 Å². The first-order valence-electron chi connectivity index (χ1n) is 10.3. The molecule has 0 saturated carbocycles. The number of benzene rings is 2. The van der Waals surface area contributed by atoms with Gasteiger partial charge >= 0.3 is 0 Å². The average Bonchev–Trinajstić information content (AvgIpc) is 2.75. The van der Waals surface area contributed by atoms with E-state index in [2.05, 4.69) is 0 Å². The van der Waals surface area contributed by atoms with Crippen LogP contribution in [0.2, 0.25) is 0 Å². The SMILES string of the molecule is Cc1cccc(-n2c(SC[C@H](O)C[NH+]3CCOCC3)nc3ccccc3c2=O)c1C. The van der Waals surface area contributed by atoms with Crippen LogP contribution in [-0.2, 0) is 4.74 Å². The minimum absolute atomic E-state index is 0.0786. The highest BCUT2D eigenvalue weighted by molar-refractivity contribution is 7.99. The van der Waals surface area contributed by atoms with E-state index in [0.29, 0.717) is 28.4 Å². The number of quaternary nitrogens is 1. The van der Waals surface area contributed by atoms with Crippen LogP contribution in [0.25, 0.3) is 16.6 Å². The molecule has 1 aliphatic rings. The van der Waals surface area contributed by atoms with Gasteiger partial charge in [-0.05, 0) is 43.2 Å². The molecule has 3 aromatic rings. The lowest BCUT2D eigenvalue weighted by molar-refractivity contribution is -0.910. The number of aliphatic hydroxyl groups excluding tert-OH is 1. The number of hydrogen-bond acceptors (Lipinski definition) is 5. The van der Waals surface area contributed by atoms with Crippen molar-refractivity contribution in [3.63, 3.8) is 0 Å². The van der Waals surface area contributed by atoms with E-state index >= 15 is 0 Å². The zero-order valence-corrected chi connectivity index (χ0v) is 18.2. The molecule has 2 aromatic carbocycles. The number of morpholine rings is 1. The molecule has 1 atom stereocenters. The van der Waals surface area contributed by atoms with Crippen molar-refractivity contribution < 1.29 is 14.7 Å². The summed E-state index contributed by atoms with van der Waals surface area (Å²) < 4.78 is 7.09. The van der Waals surface area contributed by atoms with Gasteiger partial charge < -0.3 is 14.7 Å². The molecule has 0 radical (unpaired) electrons. The molecule has 7 heteroatoms. The molecule has 0 unspecified atom stereocenters. The molecule has 2 heterocycles. The van der Waals surface area contributed by atoms with Gasteiger partial charge in [0, 0.05) is 5.75 Å². The quantitative estimate of drug-likeness (QED) is 0.460. The van der Waals surface area contributed by atoms with Crippen LogP contribution in [0.15, 0.2) is 52.4 Å². The zero-order valence-electron chi connectivity index (χ0n) is 17.4. The molecule has 0 spiro atoms. The van der Waals surface area contributed by atoms with Crippen molar-refractivity contribution >= 4 is 22.7 Å². The molecule has 1 fully saturated rings. The Morgan fingerprint density at radius 3 is 2.73 bits per heavy atom. The number of fused-ring (bicyclic) bond motifs is 1. The normalized spacial score (nSPS) is 16.1. The lowest BCUT2D eigenvalue weighted by Gasteiger charge is -2.25. The van der Waals surface area contributed by atoms with Crippen LogP contribution >= 0.6 is 11.8 Å². The first-order chi connectivity index (χ1) is 14.5. The van der Waals surface area contributed by atoms with E-state index in [-0.39, 0.29) is 5.56 Å². The third-order valence-corrected chi connectivity index (χ3v) is 6.77. The fraction of sp³-hybridized carbons (Fsp3) is 0.391. The second-order valence-electron chi connectivity index (χ2n) is 7.80. The number of para-hydroxylation sites is 1. The molecule has 6 nitrogen and oxygen atoms in total. The molecular formula is C23H28N3O3S+. The number of aromatic nitrogens is 2. The highest BCUT2D eigenvalue weighted by Gasteiger charge is 2.21. The molecule has 0 amide bonds. The van der Waals surface area contributed by atoms with Crippen molar-refractivity contribution in [2.75, 3.05) is 38.6 Å². The van der Waals surface area contributed by atoms with Crippen LogP contribution in [0.3, 0.4) is 0 Å². The Hall–Kier alpha value is -2.19. The van der Waals surface area contributed by atoms with Gasteiger partial charge in [-0.3, -0.25) is 9.36 Å². The van der Waals surface area contributed by atoms with E-state index in [1.54, 1.807) is 4.57 Å². The highest BCUT2D eigenvalue weighted by Crippen LogP contribution is 2.24. The number of nitrogens with one attached hydrogen (secondary N) is 1. The predicted molar refractivity (Wildman–Crippen MR) is 120 cm³/mol. The molecule has 4 rings (SSSR count). The zero-order chi connectivity index (χ0) is 21.1. The van der Waals surface area contributed by atoms with E-state index in [0.717, 1.165) is 43.1 Å². The Balaban J connectivity index is 1.67. The Kier molecular flexibility index (Phi) is 6.53. The maximum atomic E-state index is 13.4. The van der Waals surface area contributed by atoms with Crippen LogP contribution in [-0.4, -0.2) is 59.4 Å². The van der Waals surface area contributed by atoms with Crippen LogP contribution in [0.5, 0.6) is 0 Å². The molecule has 0 aliphatic carbocycles. The molecule has 0 bridgehead atoms. The minimum Gasteiger partial charge on any atom is -0.386 e. The van der Waals surface area contributed by atoms with Gasteiger partial charge in [-0.25, -0.2) is 4.98 Å². The van der Waals surface area contributed by atoms with Crippen molar-refractivity contribution in [3.8, 4) is 5.69 Å². The molecular weight excluding hydrogens is 398 g/mol. The first-order valence-corrected chi connectivity index (χ1v) is 11.3. The Morgan fingerprint density at radius 1 is 1.17 bits per heavy atom. The maximum Gasteiger partial charge on any atom is 0.266 e. The number of aryl methyl sites for hydroxylation is 1. The fourth-order valence-corrected chi connectivity index (χ4v) is 4.76. The summed E-state index contributed by atoms with van der Waals surface area (Å²) in [5.74, 6) is 0.486. The maximum absolute atomic E-state index is 13.4. The topological polar surface area (TPSA) is 68.8 Å². The van der Waals surface area contributed by atoms with E-state index in [9.17, 15) is 9.90 Å². The van der Waals surface area contributed by atoms with E-state index < -0.39 is 6.10 Å². The number of hydrogen-bond donors (Lipinski definition) is 2. The lowest BCUT2D eigenvalue weighted by Crippen LogP contribution is -3.15. The summed E-state index contributed by atoms with van der Waals surface area (Å²) in [6.07, 6.45) is -0.474. The van der Waals surface area contributed by atoms with Crippen molar-refractivity contribution in [2.24, 2.45) is 0 Å². The second kappa shape index (κ2) is 9.31. The van der Waals surface area contributed by atoms with Gasteiger partial charge in [-0.15, -0.1) is 0 Å². The van der Waals surface area contributed by atoms with Gasteiger partial charge in [0.25, 0.3) is 5.56 Å². The Bertz CT molecular complexity index is 1090. The summed E-state index contributed by atoms with van der Waals surface area (Å²) >= 11 is 1.44. The summed E-state index contributed by atoms with van der Waals surface area (Å²) in [6, 6.07) is 13.4. The molecule has 1 aliphatic heterocycles. The van der Waals surface area contributed by atoms with E-state index in [1.165, 1.54) is 16.7 Å². The molecule has 30 heavy (non-hydrogen) atoms. The monoisotopic (exact) mass is 426 g/mol. The Morgan fingerprint density at radius 2 is 1.93 bits per heavy atom. The summed E-state index contributed by atoms with van der Waals surface area (Å²) in [5.41, 5.74) is 3.62. The predicted octanol–water partition coefficient (Wildman–Crippen LogP) is 1.37. The largest absolute Gasteiger partial charge is 0.386 e. The first kappa shape index (κ1) is 21.1. The van der Waals surface area contributed by atoms with Crippen LogP contribution in [0, 0.1) is 13.8 Å². The number of ether oxygens (including phenoxy) is 1. The number of thioether (sulfide) groups is 1. The van der Waals surface area contributed by atoms with Gasteiger partial charge in [0.05, 0.1) is 29.8 Å². The van der Waals surface area contributed by atoms with Crippen molar-refractivity contribution in [3.05, 3.63) is 63.9 Å². The van der Waals surface area contributed by atoms with Crippen LogP contribution in [0.4, 0.5) is 0 Å². The molecule has 158 valence electrons. The van der Waals surface area contributed by atoms with Crippen molar-refractivity contribution in [2.45, 2.75) is 25.1 Å². The minimum atomic E-state index is -0.474. The van der Waals surface area contributed by atoms with Gasteiger partial charge in [-0.1, -0.05) is 36.0 Å². The van der Waals surface area contributed by atoms with Gasteiger partial charge in [-0.2, -0.15) is 0 Å². The second-order valence-corrected chi connectivity index (χ2v) is 8.79. The average molecular weight is 427 g/mol. The summed E-state index contributed by atoms with van der Waals surface area (Å²) in [7, 11) is 0. The smallest absolute Gasteiger partial charge is 0.266 e. The molecule has 2 N–H and O–H groups in total. The fourth-order valence-electron chi connectivity index (χ4n) is 3.83. The van der Waals surface area contributed by atoms with Gasteiger partial charge in [0.2, 0.25) is 0 Å². The lowest BCUT2D eigenvalue weighted by atomic mass is 10.1.